The van der Waals surface area contributed by atoms with Crippen LogP contribution < -0.4 is 9.64 Å². The monoisotopic (exact) mass is 618 g/mol. The minimum Gasteiger partial charge on any atom is -0.461 e. The Labute approximate surface area is 259 Å². The molecule has 7 rings (SSSR count). The summed E-state index contributed by atoms with van der Waals surface area (Å²) in [5.74, 6) is -0.188. The normalized spacial score (nSPS) is 23.8. The van der Waals surface area contributed by atoms with E-state index in [-0.39, 0.29) is 41.4 Å². The van der Waals surface area contributed by atoms with Gasteiger partial charge in [0.05, 0.1) is 10.9 Å². The van der Waals surface area contributed by atoms with Gasteiger partial charge in [-0.05, 0) is 49.9 Å². The minimum absolute atomic E-state index is 0.105. The number of carbonyl (C=O) groups is 1. The molecule has 3 aliphatic rings. The summed E-state index contributed by atoms with van der Waals surface area (Å²) >= 11 is 6.59. The molecule has 0 saturated carbocycles. The van der Waals surface area contributed by atoms with E-state index in [0.717, 1.165) is 24.8 Å². The third-order valence-electron chi connectivity index (χ3n) is 9.33. The van der Waals surface area contributed by atoms with Crippen LogP contribution in [0.1, 0.15) is 26.2 Å². The maximum absolute atomic E-state index is 16.0. The molecule has 2 aromatic carbocycles. The summed E-state index contributed by atoms with van der Waals surface area (Å²) in [7, 11) is 0. The van der Waals surface area contributed by atoms with E-state index in [4.69, 9.17) is 26.3 Å². The fourth-order valence-electron chi connectivity index (χ4n) is 7.21. The zero-order chi connectivity index (χ0) is 30.6. The third-order valence-corrected chi connectivity index (χ3v) is 9.64. The van der Waals surface area contributed by atoms with Crippen molar-refractivity contribution < 1.29 is 18.3 Å². The lowest BCUT2D eigenvalue weighted by Crippen LogP contribution is -2.53. The zero-order valence-electron chi connectivity index (χ0n) is 24.5. The number of alkyl halides is 1. The smallest absolute Gasteiger partial charge is 0.320 e. The second-order valence-corrected chi connectivity index (χ2v) is 12.5. The molecule has 44 heavy (non-hydrogen) atoms. The van der Waals surface area contributed by atoms with Gasteiger partial charge in [-0.1, -0.05) is 48.5 Å². The fourth-order valence-corrected chi connectivity index (χ4v) is 7.49. The van der Waals surface area contributed by atoms with Gasteiger partial charge in [0.15, 0.2) is 5.65 Å². The van der Waals surface area contributed by atoms with Gasteiger partial charge in [0.1, 0.15) is 30.1 Å². The molecule has 3 fully saturated rings. The summed E-state index contributed by atoms with van der Waals surface area (Å²) in [6.45, 7) is 8.48. The SMILES string of the molecule is C=CC(=O)N1CCN(c2nc(OC[C@@]34CCCN3C[C@H](F)C4)nc3nc(-c4cccc5cccc(Cl)c45)c(F)cc23)[C@H](C)C1. The number of piperazine rings is 1. The number of nitrogens with zero attached hydrogens (tertiary/aromatic N) is 6. The van der Waals surface area contributed by atoms with E-state index in [0.29, 0.717) is 59.8 Å². The van der Waals surface area contributed by atoms with E-state index in [1.807, 2.05) is 36.1 Å². The van der Waals surface area contributed by atoms with E-state index in [2.05, 4.69) is 16.5 Å². The van der Waals surface area contributed by atoms with Crippen LogP contribution in [0.25, 0.3) is 33.1 Å². The van der Waals surface area contributed by atoms with E-state index >= 15 is 4.39 Å². The Morgan fingerprint density at radius 3 is 2.77 bits per heavy atom. The fraction of sp³-hybridized carbons (Fsp3) is 0.394. The molecule has 0 aliphatic carbocycles. The van der Waals surface area contributed by atoms with Crippen molar-refractivity contribution in [3.8, 4) is 17.3 Å². The van der Waals surface area contributed by atoms with Crippen molar-refractivity contribution in [3.05, 3.63) is 66.0 Å². The highest BCUT2D eigenvalue weighted by Gasteiger charge is 2.49. The molecular weight excluding hydrogens is 586 g/mol. The van der Waals surface area contributed by atoms with Gasteiger partial charge in [0.2, 0.25) is 5.91 Å². The quantitative estimate of drug-likeness (QED) is 0.252. The summed E-state index contributed by atoms with van der Waals surface area (Å²) in [6, 6.07) is 12.5. The van der Waals surface area contributed by atoms with Crippen molar-refractivity contribution >= 4 is 45.1 Å². The maximum atomic E-state index is 16.0. The Balaban J connectivity index is 1.33. The first-order valence-corrected chi connectivity index (χ1v) is 15.4. The summed E-state index contributed by atoms with van der Waals surface area (Å²) in [6.07, 6.45) is 2.68. The van der Waals surface area contributed by atoms with Gasteiger partial charge < -0.3 is 14.5 Å². The molecule has 3 saturated heterocycles. The zero-order valence-corrected chi connectivity index (χ0v) is 25.2. The topological polar surface area (TPSA) is 74.7 Å². The van der Waals surface area contributed by atoms with Crippen molar-refractivity contribution in [2.75, 3.05) is 44.2 Å². The molecule has 5 heterocycles. The number of anilines is 1. The molecule has 1 amide bonds. The Bertz CT molecular complexity index is 1780. The first-order valence-electron chi connectivity index (χ1n) is 15.0. The predicted molar refractivity (Wildman–Crippen MR) is 167 cm³/mol. The van der Waals surface area contributed by atoms with Crippen LogP contribution in [0, 0.1) is 5.82 Å². The number of halogens is 3. The largest absolute Gasteiger partial charge is 0.461 e. The average molecular weight is 619 g/mol. The number of pyridine rings is 1. The van der Waals surface area contributed by atoms with Crippen LogP contribution in [0.4, 0.5) is 14.6 Å². The molecular formula is C33H33ClF2N6O2. The molecule has 0 bridgehead atoms. The van der Waals surface area contributed by atoms with Gasteiger partial charge in [0.25, 0.3) is 0 Å². The standard InChI is InChI=1S/C33H33ClF2N6O2/c1-3-27(43)40-13-14-42(20(2)17-40)31-24-15-26(36)29(23-9-4-7-21-8-5-10-25(34)28(21)23)37-30(24)38-32(39-31)44-19-33-11-6-12-41(33)18-22(35)16-33/h3-5,7-10,15,20,22H,1,6,11-14,16-19H2,2H3/t20-,22-,33+/m1/s1. The summed E-state index contributed by atoms with van der Waals surface area (Å²) in [5, 5.41) is 2.50. The predicted octanol–water partition coefficient (Wildman–Crippen LogP) is 5.82. The lowest BCUT2D eigenvalue weighted by Gasteiger charge is -2.40. The van der Waals surface area contributed by atoms with Gasteiger partial charge in [0, 0.05) is 54.6 Å². The van der Waals surface area contributed by atoms with Crippen LogP contribution in [0.15, 0.2) is 55.1 Å². The van der Waals surface area contributed by atoms with Crippen molar-refractivity contribution in [1.82, 2.24) is 24.8 Å². The molecule has 2 aromatic heterocycles. The molecule has 3 aliphatic heterocycles. The van der Waals surface area contributed by atoms with Crippen LogP contribution in [0.5, 0.6) is 6.01 Å². The second kappa shape index (κ2) is 11.2. The van der Waals surface area contributed by atoms with Crippen molar-refractivity contribution in [3.63, 3.8) is 0 Å². The van der Waals surface area contributed by atoms with Crippen molar-refractivity contribution in [1.29, 1.82) is 0 Å². The van der Waals surface area contributed by atoms with Crippen LogP contribution >= 0.6 is 11.6 Å². The molecule has 3 atom stereocenters. The van der Waals surface area contributed by atoms with Crippen LogP contribution in [0.2, 0.25) is 5.02 Å². The summed E-state index contributed by atoms with van der Waals surface area (Å²) < 4.78 is 36.8. The van der Waals surface area contributed by atoms with E-state index in [1.54, 1.807) is 17.0 Å². The first-order chi connectivity index (χ1) is 21.3. The molecule has 0 spiro atoms. The highest BCUT2D eigenvalue weighted by molar-refractivity contribution is 6.36. The summed E-state index contributed by atoms with van der Waals surface area (Å²) in [4.78, 5) is 32.5. The van der Waals surface area contributed by atoms with E-state index in [1.165, 1.54) is 12.1 Å². The molecule has 4 aromatic rings. The number of carbonyl (C=O) groups excluding carboxylic acids is 1. The number of hydrogen-bond acceptors (Lipinski definition) is 7. The number of aromatic nitrogens is 3. The lowest BCUT2D eigenvalue weighted by atomic mass is 9.95. The second-order valence-electron chi connectivity index (χ2n) is 12.1. The molecule has 0 radical (unpaired) electrons. The average Bonchev–Trinajstić information content (AvgIpc) is 3.54. The lowest BCUT2D eigenvalue weighted by molar-refractivity contribution is -0.126. The maximum Gasteiger partial charge on any atom is 0.320 e. The summed E-state index contributed by atoms with van der Waals surface area (Å²) in [5.41, 5.74) is 0.569. The molecule has 228 valence electrons. The highest BCUT2D eigenvalue weighted by Crippen LogP contribution is 2.41. The van der Waals surface area contributed by atoms with Crippen LogP contribution in [-0.2, 0) is 4.79 Å². The van der Waals surface area contributed by atoms with Gasteiger partial charge in [-0.15, -0.1) is 0 Å². The first kappa shape index (κ1) is 28.9. The molecule has 11 heteroatoms. The molecule has 0 unspecified atom stereocenters. The third kappa shape index (κ3) is 4.94. The highest BCUT2D eigenvalue weighted by atomic mass is 35.5. The van der Waals surface area contributed by atoms with E-state index < -0.39 is 12.0 Å². The van der Waals surface area contributed by atoms with Gasteiger partial charge in [-0.25, -0.2) is 13.8 Å². The van der Waals surface area contributed by atoms with Crippen molar-refractivity contribution in [2.45, 2.75) is 43.9 Å². The molecule has 8 nitrogen and oxygen atoms in total. The minimum atomic E-state index is -0.887. The van der Waals surface area contributed by atoms with Gasteiger partial charge >= 0.3 is 6.01 Å². The van der Waals surface area contributed by atoms with Gasteiger partial charge in [-0.2, -0.15) is 9.97 Å². The number of hydrogen-bond donors (Lipinski definition) is 0. The van der Waals surface area contributed by atoms with Crippen molar-refractivity contribution in [2.24, 2.45) is 0 Å². The Kier molecular flexibility index (Phi) is 7.37. The Hall–Kier alpha value is -3.89. The molecule has 0 N–H and O–H groups in total. The van der Waals surface area contributed by atoms with E-state index in [9.17, 15) is 9.18 Å². The Morgan fingerprint density at radius 1 is 1.16 bits per heavy atom. The van der Waals surface area contributed by atoms with Crippen LogP contribution in [0.3, 0.4) is 0 Å². The number of rotatable bonds is 6. The van der Waals surface area contributed by atoms with Crippen LogP contribution in [-0.4, -0.2) is 87.7 Å². The number of amides is 1. The van der Waals surface area contributed by atoms with Gasteiger partial charge in [-0.3, -0.25) is 9.69 Å². The number of ether oxygens (including phenoxy) is 1. The Morgan fingerprint density at radius 2 is 1.98 bits per heavy atom. The number of fused-ring (bicyclic) bond motifs is 3. The number of benzene rings is 2.